The van der Waals surface area contributed by atoms with Crippen LogP contribution in [0, 0.1) is 12.7 Å². The lowest BCUT2D eigenvalue weighted by Crippen LogP contribution is -2.46. The summed E-state index contributed by atoms with van der Waals surface area (Å²) in [5.74, 6) is -0.527. The molecule has 1 aliphatic rings. The number of aromatic nitrogens is 3. The third-order valence-corrected chi connectivity index (χ3v) is 6.40. The summed E-state index contributed by atoms with van der Waals surface area (Å²) < 4.78 is 16.1. The van der Waals surface area contributed by atoms with Crippen molar-refractivity contribution in [2.45, 2.75) is 6.92 Å². The fourth-order valence-electron chi connectivity index (χ4n) is 4.43. The van der Waals surface area contributed by atoms with Gasteiger partial charge in [0.05, 0.1) is 40.9 Å². The Balaban J connectivity index is 1.80. The van der Waals surface area contributed by atoms with Crippen molar-refractivity contribution in [1.29, 1.82) is 0 Å². The monoisotopic (exact) mass is 452 g/mol. The van der Waals surface area contributed by atoms with E-state index < -0.39 is 5.82 Å². The predicted molar refractivity (Wildman–Crippen MR) is 126 cm³/mol. The van der Waals surface area contributed by atoms with Crippen molar-refractivity contribution < 1.29 is 9.18 Å². The molecule has 0 fully saturated rings. The average molecular weight is 453 g/mol. The number of anilines is 2. The van der Waals surface area contributed by atoms with Gasteiger partial charge in [0.2, 0.25) is 5.91 Å². The molecule has 2 N–H and O–H groups in total. The van der Waals surface area contributed by atoms with E-state index in [-0.39, 0.29) is 23.0 Å². The van der Waals surface area contributed by atoms with E-state index in [9.17, 15) is 4.79 Å². The Labute approximate surface area is 189 Å². The zero-order chi connectivity index (χ0) is 22.6. The third-order valence-electron chi connectivity index (χ3n) is 6.10. The normalized spacial score (nSPS) is 14.0. The van der Waals surface area contributed by atoms with Gasteiger partial charge in [-0.3, -0.25) is 14.9 Å². The summed E-state index contributed by atoms with van der Waals surface area (Å²) in [5, 5.41) is 11.8. The summed E-state index contributed by atoms with van der Waals surface area (Å²) in [6.45, 7) is 3.40. The number of H-pyrrole nitrogens is 1. The number of pyridine rings is 1. The summed E-state index contributed by atoms with van der Waals surface area (Å²) in [4.78, 5) is 20.4. The van der Waals surface area contributed by atoms with Gasteiger partial charge in [-0.2, -0.15) is 5.10 Å². The standard InChI is InChI=1S/C23H22ClFN6O/c1-12-4-5-16-14(9-28-29-16)19(12)20-15(24)8-13-22(21(20)25)27-10-17-23(13)31(7-6-26-2)11-18(32)30(17)3/h4-5,8-10,26H,6-7,11H2,1-3H3,(H,28,29). The SMILES string of the molecule is CNCCN1CC(=O)N(C)c2cnc3c(F)c(-c4c(C)ccc5[nH]ncc45)c(Cl)cc3c21. The Morgan fingerprint density at radius 1 is 1.25 bits per heavy atom. The average Bonchev–Trinajstić information content (AvgIpc) is 3.25. The molecule has 4 aromatic rings. The smallest absolute Gasteiger partial charge is 0.246 e. The predicted octanol–water partition coefficient (Wildman–Crippen LogP) is 3.88. The van der Waals surface area contributed by atoms with E-state index in [0.717, 1.165) is 22.2 Å². The molecule has 2 aromatic heterocycles. The Morgan fingerprint density at radius 2 is 2.06 bits per heavy atom. The van der Waals surface area contributed by atoms with Gasteiger partial charge in [-0.15, -0.1) is 0 Å². The van der Waals surface area contributed by atoms with Crippen LogP contribution >= 0.6 is 11.6 Å². The number of benzene rings is 2. The fourth-order valence-corrected chi connectivity index (χ4v) is 4.71. The molecule has 32 heavy (non-hydrogen) atoms. The van der Waals surface area contributed by atoms with Crippen molar-refractivity contribution in [2.24, 2.45) is 0 Å². The van der Waals surface area contributed by atoms with Crippen molar-refractivity contribution in [1.82, 2.24) is 20.5 Å². The molecule has 2 aromatic carbocycles. The molecular formula is C23H22ClFN6O. The van der Waals surface area contributed by atoms with Gasteiger partial charge in [-0.05, 0) is 31.7 Å². The van der Waals surface area contributed by atoms with Crippen LogP contribution in [-0.4, -0.2) is 54.8 Å². The van der Waals surface area contributed by atoms with Crippen LogP contribution in [0.3, 0.4) is 0 Å². The number of carbonyl (C=O) groups excluding carboxylic acids is 1. The van der Waals surface area contributed by atoms with Gasteiger partial charge in [-0.1, -0.05) is 17.7 Å². The molecular weight excluding hydrogens is 431 g/mol. The fraction of sp³-hybridized carbons (Fsp3) is 0.261. The number of aryl methyl sites for hydroxylation is 1. The molecule has 0 atom stereocenters. The minimum atomic E-state index is -0.486. The molecule has 7 nitrogen and oxygen atoms in total. The maximum Gasteiger partial charge on any atom is 0.246 e. The van der Waals surface area contributed by atoms with Gasteiger partial charge in [0, 0.05) is 42.0 Å². The van der Waals surface area contributed by atoms with E-state index in [1.165, 1.54) is 0 Å². The van der Waals surface area contributed by atoms with Crippen LogP contribution in [0.2, 0.25) is 5.02 Å². The van der Waals surface area contributed by atoms with Crippen molar-refractivity contribution in [3.63, 3.8) is 0 Å². The van der Waals surface area contributed by atoms with Crippen LogP contribution in [0.4, 0.5) is 15.8 Å². The number of nitrogens with one attached hydrogen (secondary N) is 2. The Morgan fingerprint density at radius 3 is 2.84 bits per heavy atom. The molecule has 164 valence electrons. The number of amides is 1. The molecule has 3 heterocycles. The highest BCUT2D eigenvalue weighted by molar-refractivity contribution is 6.35. The Hall–Kier alpha value is -3.23. The lowest BCUT2D eigenvalue weighted by Gasteiger charge is -2.36. The van der Waals surface area contributed by atoms with E-state index in [1.807, 2.05) is 31.0 Å². The third kappa shape index (κ3) is 3.02. The van der Waals surface area contributed by atoms with E-state index >= 15 is 4.39 Å². The Bertz CT molecular complexity index is 1380. The summed E-state index contributed by atoms with van der Waals surface area (Å²) in [6, 6.07) is 5.58. The van der Waals surface area contributed by atoms with Crippen molar-refractivity contribution in [3.8, 4) is 11.1 Å². The quantitative estimate of drug-likeness (QED) is 0.491. The van der Waals surface area contributed by atoms with E-state index in [2.05, 4.69) is 20.5 Å². The lowest BCUT2D eigenvalue weighted by molar-refractivity contribution is -0.117. The molecule has 0 aliphatic carbocycles. The van der Waals surface area contributed by atoms with Crippen LogP contribution < -0.4 is 15.1 Å². The molecule has 1 aliphatic heterocycles. The van der Waals surface area contributed by atoms with Crippen LogP contribution in [0.1, 0.15) is 5.56 Å². The van der Waals surface area contributed by atoms with Gasteiger partial charge in [-0.25, -0.2) is 4.39 Å². The first-order chi connectivity index (χ1) is 15.4. The number of carbonyl (C=O) groups is 1. The number of hydrogen-bond donors (Lipinski definition) is 2. The summed E-state index contributed by atoms with van der Waals surface area (Å²) in [6.07, 6.45) is 3.24. The van der Waals surface area contributed by atoms with E-state index in [4.69, 9.17) is 11.6 Å². The molecule has 0 saturated heterocycles. The largest absolute Gasteiger partial charge is 0.359 e. The van der Waals surface area contributed by atoms with Crippen molar-refractivity contribution in [3.05, 3.63) is 47.0 Å². The first-order valence-corrected chi connectivity index (χ1v) is 10.7. The van der Waals surface area contributed by atoms with E-state index in [0.29, 0.717) is 35.3 Å². The molecule has 0 bridgehead atoms. The molecule has 5 rings (SSSR count). The molecule has 0 saturated carbocycles. The number of fused-ring (bicyclic) bond motifs is 4. The lowest BCUT2D eigenvalue weighted by atomic mass is 9.94. The van der Waals surface area contributed by atoms with Crippen LogP contribution in [0.25, 0.3) is 32.9 Å². The topological polar surface area (TPSA) is 77.2 Å². The highest BCUT2D eigenvalue weighted by Crippen LogP contribution is 2.45. The highest BCUT2D eigenvalue weighted by atomic mass is 35.5. The number of hydrogen-bond acceptors (Lipinski definition) is 5. The van der Waals surface area contributed by atoms with Crippen LogP contribution in [0.5, 0.6) is 0 Å². The van der Waals surface area contributed by atoms with Crippen molar-refractivity contribution in [2.75, 3.05) is 43.5 Å². The second kappa shape index (κ2) is 7.72. The van der Waals surface area contributed by atoms with Crippen LogP contribution in [-0.2, 0) is 4.79 Å². The number of rotatable bonds is 4. The molecule has 9 heteroatoms. The molecule has 0 unspecified atom stereocenters. The molecule has 0 spiro atoms. The second-order valence-corrected chi connectivity index (χ2v) is 8.41. The van der Waals surface area contributed by atoms with Crippen LogP contribution in [0.15, 0.2) is 30.6 Å². The zero-order valence-corrected chi connectivity index (χ0v) is 18.7. The van der Waals surface area contributed by atoms with Gasteiger partial charge in [0.15, 0.2) is 5.82 Å². The summed E-state index contributed by atoms with van der Waals surface area (Å²) >= 11 is 6.73. The first-order valence-electron chi connectivity index (χ1n) is 10.3. The maximum atomic E-state index is 16.1. The van der Waals surface area contributed by atoms with E-state index in [1.54, 1.807) is 30.4 Å². The maximum absolute atomic E-state index is 16.1. The number of nitrogens with zero attached hydrogens (tertiary/aromatic N) is 4. The Kier molecular flexibility index (Phi) is 4.98. The number of aromatic amines is 1. The van der Waals surface area contributed by atoms with Gasteiger partial charge in [0.25, 0.3) is 0 Å². The number of likely N-dealkylation sites (N-methyl/N-ethyl adjacent to an activating group) is 2. The highest BCUT2D eigenvalue weighted by Gasteiger charge is 2.31. The summed E-state index contributed by atoms with van der Waals surface area (Å²) in [7, 11) is 3.56. The van der Waals surface area contributed by atoms with Gasteiger partial charge >= 0.3 is 0 Å². The summed E-state index contributed by atoms with van der Waals surface area (Å²) in [5.41, 5.74) is 4.31. The van der Waals surface area contributed by atoms with Crippen molar-refractivity contribution >= 4 is 50.7 Å². The minimum absolute atomic E-state index is 0.0415. The van der Waals surface area contributed by atoms with Gasteiger partial charge in [0.1, 0.15) is 5.52 Å². The molecule has 0 radical (unpaired) electrons. The minimum Gasteiger partial charge on any atom is -0.359 e. The zero-order valence-electron chi connectivity index (χ0n) is 18.0. The van der Waals surface area contributed by atoms with Gasteiger partial charge < -0.3 is 15.1 Å². The number of halogens is 2. The first kappa shape index (κ1) is 20.7. The molecule has 1 amide bonds. The second-order valence-electron chi connectivity index (χ2n) is 8.00.